The lowest BCUT2D eigenvalue weighted by Crippen LogP contribution is -2.59. The van der Waals surface area contributed by atoms with Gasteiger partial charge in [0.2, 0.25) is 0 Å². The molecule has 1 saturated heterocycles. The average molecular weight is 456 g/mol. The van der Waals surface area contributed by atoms with Gasteiger partial charge in [0.05, 0.1) is 17.3 Å². The van der Waals surface area contributed by atoms with Crippen molar-refractivity contribution in [2.24, 2.45) is 16.0 Å². The first kappa shape index (κ1) is 22.1. The van der Waals surface area contributed by atoms with Crippen LogP contribution < -0.4 is 10.7 Å². The Morgan fingerprint density at radius 3 is 2.62 bits per heavy atom. The Bertz CT molecular complexity index is 1200. The largest absolute Gasteiger partial charge is 0.508 e. The Hall–Kier alpha value is -3.71. The smallest absolute Gasteiger partial charge is 0.250 e. The number of hydrogen-bond donors (Lipinski definition) is 3. The van der Waals surface area contributed by atoms with Crippen molar-refractivity contribution in [1.82, 2.24) is 15.6 Å². The maximum Gasteiger partial charge on any atom is 0.250 e. The van der Waals surface area contributed by atoms with Crippen molar-refractivity contribution in [1.29, 1.82) is 0 Å². The van der Waals surface area contributed by atoms with Crippen LogP contribution in [0.4, 0.5) is 0 Å². The Morgan fingerprint density at radius 1 is 1.12 bits per heavy atom. The molecule has 0 spiro atoms. The van der Waals surface area contributed by atoms with Crippen LogP contribution in [-0.2, 0) is 4.79 Å². The molecule has 1 amide bonds. The second-order valence-corrected chi connectivity index (χ2v) is 9.53. The molecular weight excluding hydrogens is 426 g/mol. The minimum atomic E-state index is -0.362. The fraction of sp³-hybridized carbons (Fsp3) is 0.296. The van der Waals surface area contributed by atoms with Gasteiger partial charge in [-0.15, -0.1) is 0 Å². The van der Waals surface area contributed by atoms with Gasteiger partial charge < -0.3 is 15.3 Å². The number of carbonyl (C=O) groups is 1. The van der Waals surface area contributed by atoms with Crippen LogP contribution in [0.2, 0.25) is 0 Å². The number of benzene rings is 2. The molecule has 0 radical (unpaired) electrons. The van der Waals surface area contributed by atoms with Gasteiger partial charge in [-0.3, -0.25) is 15.2 Å². The number of amides is 1. The van der Waals surface area contributed by atoms with E-state index in [-0.39, 0.29) is 29.3 Å². The standard InChI is InChI=1S/C27H29N5O2/c1-27(2)17-32(15-14-28-27)26(34)21-16-23(19-9-11-20(33)12-10-19)29-25-24(21)22(30-31-25)13-8-18-6-4-3-5-7-18/h3-13,16,24-25,28,31,33H,14-15,17H2,1-2H3/b13-8+. The van der Waals surface area contributed by atoms with E-state index in [1.807, 2.05) is 65.6 Å². The van der Waals surface area contributed by atoms with Crippen molar-refractivity contribution in [3.63, 3.8) is 0 Å². The average Bonchev–Trinajstić information content (AvgIpc) is 3.25. The van der Waals surface area contributed by atoms with E-state index in [0.717, 1.165) is 23.4 Å². The van der Waals surface area contributed by atoms with Gasteiger partial charge in [0, 0.05) is 36.3 Å². The van der Waals surface area contributed by atoms with Crippen molar-refractivity contribution in [2.75, 3.05) is 19.6 Å². The minimum Gasteiger partial charge on any atom is -0.508 e. The summed E-state index contributed by atoms with van der Waals surface area (Å²) >= 11 is 0. The molecule has 0 aliphatic carbocycles. The Kier molecular flexibility index (Phi) is 5.79. The zero-order valence-corrected chi connectivity index (χ0v) is 19.4. The van der Waals surface area contributed by atoms with Crippen LogP contribution in [0.5, 0.6) is 5.75 Å². The number of nitrogens with zero attached hydrogens (tertiary/aromatic N) is 3. The summed E-state index contributed by atoms with van der Waals surface area (Å²) < 4.78 is 0. The second-order valence-electron chi connectivity index (χ2n) is 9.53. The molecule has 7 heteroatoms. The summed E-state index contributed by atoms with van der Waals surface area (Å²) in [5, 5.41) is 17.7. The van der Waals surface area contributed by atoms with Crippen LogP contribution in [-0.4, -0.2) is 58.7 Å². The quantitative estimate of drug-likeness (QED) is 0.661. The van der Waals surface area contributed by atoms with Crippen molar-refractivity contribution >= 4 is 23.4 Å². The number of hydrazone groups is 1. The van der Waals surface area contributed by atoms with E-state index < -0.39 is 0 Å². The molecule has 3 aliphatic heterocycles. The lowest BCUT2D eigenvalue weighted by molar-refractivity contribution is -0.129. The number of piperazine rings is 1. The first-order valence-corrected chi connectivity index (χ1v) is 11.6. The van der Waals surface area contributed by atoms with Crippen LogP contribution in [0.3, 0.4) is 0 Å². The fourth-order valence-corrected chi connectivity index (χ4v) is 4.67. The molecule has 7 nitrogen and oxygen atoms in total. The highest BCUT2D eigenvalue weighted by atomic mass is 16.3. The summed E-state index contributed by atoms with van der Waals surface area (Å²) in [5.41, 5.74) is 7.08. The summed E-state index contributed by atoms with van der Waals surface area (Å²) in [5.74, 6) is -0.0661. The van der Waals surface area contributed by atoms with E-state index in [0.29, 0.717) is 24.4 Å². The molecule has 2 aromatic rings. The zero-order valence-electron chi connectivity index (χ0n) is 19.4. The normalized spacial score (nSPS) is 23.6. The Labute approximate surface area is 199 Å². The molecule has 34 heavy (non-hydrogen) atoms. The molecule has 5 rings (SSSR count). The zero-order chi connectivity index (χ0) is 23.7. The summed E-state index contributed by atoms with van der Waals surface area (Å²) in [7, 11) is 0. The molecule has 3 heterocycles. The summed E-state index contributed by atoms with van der Waals surface area (Å²) in [4.78, 5) is 20.7. The third-order valence-corrected chi connectivity index (χ3v) is 6.38. The number of allylic oxidation sites excluding steroid dienone is 2. The molecule has 174 valence electrons. The molecule has 3 aliphatic rings. The summed E-state index contributed by atoms with van der Waals surface area (Å²) in [6, 6.07) is 16.9. The van der Waals surface area contributed by atoms with Crippen LogP contribution in [0, 0.1) is 5.92 Å². The maximum absolute atomic E-state index is 13.9. The number of phenols is 1. The molecule has 2 atom stereocenters. The predicted molar refractivity (Wildman–Crippen MR) is 135 cm³/mol. The van der Waals surface area contributed by atoms with E-state index in [1.54, 1.807) is 12.1 Å². The third-order valence-electron chi connectivity index (χ3n) is 6.38. The SMILES string of the molecule is CC1(C)CN(C(=O)C2=CC(c3ccc(O)cc3)=NC3NN=C(/C=C/c4ccccc4)C23)CCN1. The number of hydrogen-bond acceptors (Lipinski definition) is 6. The van der Waals surface area contributed by atoms with Gasteiger partial charge in [-0.05, 0) is 55.8 Å². The lowest BCUT2D eigenvalue weighted by Gasteiger charge is -2.40. The van der Waals surface area contributed by atoms with Crippen molar-refractivity contribution in [2.45, 2.75) is 25.6 Å². The van der Waals surface area contributed by atoms with Gasteiger partial charge in [0.1, 0.15) is 11.9 Å². The molecule has 2 unspecified atom stereocenters. The van der Waals surface area contributed by atoms with E-state index in [2.05, 4.69) is 29.7 Å². The monoisotopic (exact) mass is 455 g/mol. The van der Waals surface area contributed by atoms with Gasteiger partial charge in [-0.25, -0.2) is 0 Å². The van der Waals surface area contributed by atoms with Gasteiger partial charge in [0.15, 0.2) is 0 Å². The number of fused-ring (bicyclic) bond motifs is 1. The topological polar surface area (TPSA) is 89.3 Å². The van der Waals surface area contributed by atoms with E-state index in [4.69, 9.17) is 4.99 Å². The Balaban J connectivity index is 1.49. The summed E-state index contributed by atoms with van der Waals surface area (Å²) in [6.45, 7) is 6.27. The van der Waals surface area contributed by atoms with E-state index in [1.165, 1.54) is 0 Å². The van der Waals surface area contributed by atoms with Gasteiger partial charge in [0.25, 0.3) is 5.91 Å². The lowest BCUT2D eigenvalue weighted by atomic mass is 9.85. The van der Waals surface area contributed by atoms with Gasteiger partial charge >= 0.3 is 0 Å². The highest BCUT2D eigenvalue weighted by Gasteiger charge is 2.41. The number of aromatic hydroxyl groups is 1. The fourth-order valence-electron chi connectivity index (χ4n) is 4.67. The molecule has 0 aromatic heterocycles. The van der Waals surface area contributed by atoms with Crippen LogP contribution in [0.15, 0.2) is 82.4 Å². The maximum atomic E-state index is 13.9. The first-order valence-electron chi connectivity index (χ1n) is 11.6. The molecule has 3 N–H and O–H groups in total. The molecule has 1 fully saturated rings. The predicted octanol–water partition coefficient (Wildman–Crippen LogP) is 2.95. The molecule has 2 aromatic carbocycles. The molecular formula is C27H29N5O2. The summed E-state index contributed by atoms with van der Waals surface area (Å²) in [6.07, 6.45) is 5.51. The number of rotatable bonds is 4. The number of carbonyl (C=O) groups excluding carboxylic acids is 1. The number of aliphatic imine (C=N–C) groups is 1. The first-order chi connectivity index (χ1) is 16.4. The van der Waals surface area contributed by atoms with Crippen molar-refractivity contribution in [3.05, 3.63) is 83.4 Å². The molecule has 0 bridgehead atoms. The van der Waals surface area contributed by atoms with Gasteiger partial charge in [-0.1, -0.05) is 36.4 Å². The van der Waals surface area contributed by atoms with Crippen molar-refractivity contribution in [3.8, 4) is 5.75 Å². The molecule has 0 saturated carbocycles. The minimum absolute atomic E-state index is 0.0141. The third kappa shape index (κ3) is 4.52. The second kappa shape index (κ2) is 8.91. The Morgan fingerprint density at radius 2 is 1.88 bits per heavy atom. The van der Waals surface area contributed by atoms with Crippen molar-refractivity contribution < 1.29 is 9.90 Å². The van der Waals surface area contributed by atoms with Crippen LogP contribution >= 0.6 is 0 Å². The number of nitrogens with one attached hydrogen (secondary N) is 2. The highest BCUT2D eigenvalue weighted by molar-refractivity contribution is 6.18. The van der Waals surface area contributed by atoms with Crippen LogP contribution in [0.1, 0.15) is 25.0 Å². The van der Waals surface area contributed by atoms with E-state index in [9.17, 15) is 9.90 Å². The highest BCUT2D eigenvalue weighted by Crippen LogP contribution is 2.31. The van der Waals surface area contributed by atoms with Gasteiger partial charge in [-0.2, -0.15) is 5.10 Å². The number of dihydropyridines is 1. The van der Waals surface area contributed by atoms with E-state index >= 15 is 0 Å². The van der Waals surface area contributed by atoms with Crippen LogP contribution in [0.25, 0.3) is 6.08 Å². The number of phenolic OH excluding ortho intramolecular Hbond substituents is 1.